The molecule has 17 heavy (non-hydrogen) atoms. The lowest BCUT2D eigenvalue weighted by Gasteiger charge is -2.05. The van der Waals surface area contributed by atoms with Crippen LogP contribution in [0.3, 0.4) is 0 Å². The SMILES string of the molecule is COc1cc(C(=O)Cl)nn1-c1cccc(Cl)c1. The maximum Gasteiger partial charge on any atom is 0.272 e. The van der Waals surface area contributed by atoms with Gasteiger partial charge in [0.25, 0.3) is 5.24 Å². The van der Waals surface area contributed by atoms with E-state index in [2.05, 4.69) is 5.10 Å². The molecule has 0 fully saturated rings. The minimum absolute atomic E-state index is 0.128. The van der Waals surface area contributed by atoms with Crippen molar-refractivity contribution < 1.29 is 9.53 Å². The van der Waals surface area contributed by atoms with Gasteiger partial charge < -0.3 is 4.74 Å². The van der Waals surface area contributed by atoms with E-state index in [1.165, 1.54) is 17.9 Å². The van der Waals surface area contributed by atoms with Gasteiger partial charge in [0.2, 0.25) is 5.88 Å². The Labute approximate surface area is 108 Å². The zero-order valence-corrected chi connectivity index (χ0v) is 10.4. The summed E-state index contributed by atoms with van der Waals surface area (Å²) in [6.45, 7) is 0. The topological polar surface area (TPSA) is 44.1 Å². The van der Waals surface area contributed by atoms with E-state index in [0.717, 1.165) is 0 Å². The summed E-state index contributed by atoms with van der Waals surface area (Å²) in [5, 5.41) is 3.98. The van der Waals surface area contributed by atoms with Crippen molar-refractivity contribution in [3.63, 3.8) is 0 Å². The third-order valence-electron chi connectivity index (χ3n) is 2.14. The summed E-state index contributed by atoms with van der Waals surface area (Å²) < 4.78 is 6.58. The molecule has 4 nitrogen and oxygen atoms in total. The molecule has 0 atom stereocenters. The molecule has 0 aliphatic carbocycles. The number of rotatable bonds is 3. The Balaban J connectivity index is 2.54. The van der Waals surface area contributed by atoms with Crippen molar-refractivity contribution in [3.05, 3.63) is 41.0 Å². The predicted molar refractivity (Wildman–Crippen MR) is 65.3 cm³/mol. The number of carbonyl (C=O) groups excluding carboxylic acids is 1. The van der Waals surface area contributed by atoms with Crippen molar-refractivity contribution in [2.24, 2.45) is 0 Å². The van der Waals surface area contributed by atoms with Crippen molar-refractivity contribution in [1.82, 2.24) is 9.78 Å². The van der Waals surface area contributed by atoms with Crippen LogP contribution in [0.1, 0.15) is 10.5 Å². The third kappa shape index (κ3) is 2.43. The molecule has 0 amide bonds. The minimum atomic E-state index is -0.635. The average Bonchev–Trinajstić information content (AvgIpc) is 2.73. The summed E-state index contributed by atoms with van der Waals surface area (Å²) in [5.74, 6) is 0.413. The van der Waals surface area contributed by atoms with Gasteiger partial charge in [0.05, 0.1) is 12.8 Å². The van der Waals surface area contributed by atoms with Gasteiger partial charge in [-0.2, -0.15) is 5.10 Å². The van der Waals surface area contributed by atoms with Gasteiger partial charge >= 0.3 is 0 Å². The zero-order chi connectivity index (χ0) is 12.4. The molecule has 6 heteroatoms. The molecule has 0 N–H and O–H groups in total. The molecule has 1 aromatic heterocycles. The number of nitrogens with zero attached hydrogens (tertiary/aromatic N) is 2. The van der Waals surface area contributed by atoms with Crippen molar-refractivity contribution in [2.45, 2.75) is 0 Å². The molecule has 2 aromatic rings. The number of hydrogen-bond donors (Lipinski definition) is 0. The predicted octanol–water partition coefficient (Wildman–Crippen LogP) is 2.91. The highest BCUT2D eigenvalue weighted by Crippen LogP contribution is 2.22. The van der Waals surface area contributed by atoms with Crippen molar-refractivity contribution in [2.75, 3.05) is 7.11 Å². The molecule has 0 spiro atoms. The first-order chi connectivity index (χ1) is 8.11. The maximum atomic E-state index is 11.0. The van der Waals surface area contributed by atoms with Crippen LogP contribution in [-0.4, -0.2) is 22.1 Å². The lowest BCUT2D eigenvalue weighted by atomic mass is 10.3. The van der Waals surface area contributed by atoms with Crippen molar-refractivity contribution >= 4 is 28.4 Å². The Hall–Kier alpha value is -1.52. The maximum absolute atomic E-state index is 11.0. The van der Waals surface area contributed by atoms with Gasteiger partial charge in [-0.05, 0) is 29.8 Å². The number of hydrogen-bond acceptors (Lipinski definition) is 3. The molecule has 0 aliphatic rings. The van der Waals surface area contributed by atoms with Crippen LogP contribution in [0.15, 0.2) is 30.3 Å². The Morgan fingerprint density at radius 1 is 1.41 bits per heavy atom. The summed E-state index contributed by atoms with van der Waals surface area (Å²) >= 11 is 11.3. The second-order valence-electron chi connectivity index (χ2n) is 3.24. The molecule has 1 aromatic carbocycles. The van der Waals surface area contributed by atoms with Crippen molar-refractivity contribution in [1.29, 1.82) is 0 Å². The van der Waals surface area contributed by atoms with Crippen LogP contribution < -0.4 is 4.74 Å². The molecule has 0 radical (unpaired) electrons. The Bertz CT molecular complexity index is 566. The van der Waals surface area contributed by atoms with Crippen LogP contribution in [-0.2, 0) is 0 Å². The molecule has 0 aliphatic heterocycles. The number of methoxy groups -OCH3 is 1. The number of carbonyl (C=O) groups is 1. The summed E-state index contributed by atoms with van der Waals surface area (Å²) in [6.07, 6.45) is 0. The van der Waals surface area contributed by atoms with Gasteiger partial charge in [0.1, 0.15) is 5.69 Å². The second kappa shape index (κ2) is 4.77. The van der Waals surface area contributed by atoms with Crippen molar-refractivity contribution in [3.8, 4) is 11.6 Å². The molecule has 0 saturated heterocycles. The van der Waals surface area contributed by atoms with Crippen LogP contribution >= 0.6 is 23.2 Å². The first kappa shape index (κ1) is 12.0. The summed E-state index contributed by atoms with van der Waals surface area (Å²) in [7, 11) is 1.49. The smallest absolute Gasteiger partial charge is 0.272 e. The Kier molecular flexibility index (Phi) is 3.36. The first-order valence-electron chi connectivity index (χ1n) is 4.71. The van der Waals surface area contributed by atoms with E-state index >= 15 is 0 Å². The van der Waals surface area contributed by atoms with Gasteiger partial charge in [-0.15, -0.1) is 0 Å². The largest absolute Gasteiger partial charge is 0.481 e. The van der Waals surface area contributed by atoms with Crippen LogP contribution in [0.2, 0.25) is 5.02 Å². The average molecular weight is 271 g/mol. The van der Waals surface area contributed by atoms with E-state index in [1.807, 2.05) is 0 Å². The molecule has 0 saturated carbocycles. The van der Waals surface area contributed by atoms with E-state index in [-0.39, 0.29) is 5.69 Å². The van der Waals surface area contributed by atoms with Gasteiger partial charge in [-0.25, -0.2) is 4.68 Å². The monoisotopic (exact) mass is 270 g/mol. The fourth-order valence-electron chi connectivity index (χ4n) is 1.40. The van der Waals surface area contributed by atoms with Crippen LogP contribution in [0.4, 0.5) is 0 Å². The van der Waals surface area contributed by atoms with E-state index in [1.54, 1.807) is 24.3 Å². The molecule has 88 valence electrons. The fourth-order valence-corrected chi connectivity index (χ4v) is 1.68. The van der Waals surface area contributed by atoms with Gasteiger partial charge in [-0.1, -0.05) is 17.7 Å². The normalized spacial score (nSPS) is 10.3. The van der Waals surface area contributed by atoms with E-state index in [0.29, 0.717) is 16.6 Å². The number of ether oxygens (including phenoxy) is 1. The van der Waals surface area contributed by atoms with Gasteiger partial charge in [0, 0.05) is 11.1 Å². The second-order valence-corrected chi connectivity index (χ2v) is 4.02. The van der Waals surface area contributed by atoms with E-state index < -0.39 is 5.24 Å². The molecule has 1 heterocycles. The molecular weight excluding hydrogens is 263 g/mol. The molecule has 2 rings (SSSR count). The number of aromatic nitrogens is 2. The standard InChI is InChI=1S/C11H8Cl2N2O2/c1-17-10-6-9(11(13)16)14-15(10)8-4-2-3-7(12)5-8/h2-6H,1H3. The highest BCUT2D eigenvalue weighted by molar-refractivity contribution is 6.67. The lowest BCUT2D eigenvalue weighted by Crippen LogP contribution is -2.00. The Morgan fingerprint density at radius 2 is 2.18 bits per heavy atom. The van der Waals surface area contributed by atoms with Crippen LogP contribution in [0.25, 0.3) is 5.69 Å². The van der Waals surface area contributed by atoms with E-state index in [4.69, 9.17) is 27.9 Å². The van der Waals surface area contributed by atoms with E-state index in [9.17, 15) is 4.79 Å². The van der Waals surface area contributed by atoms with Crippen LogP contribution in [0.5, 0.6) is 5.88 Å². The minimum Gasteiger partial charge on any atom is -0.481 e. The highest BCUT2D eigenvalue weighted by Gasteiger charge is 2.14. The zero-order valence-electron chi connectivity index (χ0n) is 8.85. The van der Waals surface area contributed by atoms with Gasteiger partial charge in [0.15, 0.2) is 0 Å². The number of halogens is 2. The molecule has 0 unspecified atom stereocenters. The lowest BCUT2D eigenvalue weighted by molar-refractivity contribution is 0.107. The number of benzene rings is 1. The third-order valence-corrected chi connectivity index (χ3v) is 2.57. The fraction of sp³-hybridized carbons (Fsp3) is 0.0909. The summed E-state index contributed by atoms with van der Waals surface area (Å²) in [6, 6.07) is 8.50. The Morgan fingerprint density at radius 3 is 2.76 bits per heavy atom. The molecular formula is C11H8Cl2N2O2. The molecule has 0 bridgehead atoms. The first-order valence-corrected chi connectivity index (χ1v) is 5.47. The summed E-state index contributed by atoms with van der Waals surface area (Å²) in [4.78, 5) is 11.0. The summed E-state index contributed by atoms with van der Waals surface area (Å²) in [5.41, 5.74) is 0.821. The van der Waals surface area contributed by atoms with Crippen LogP contribution in [0, 0.1) is 0 Å². The quantitative estimate of drug-likeness (QED) is 0.806. The highest BCUT2D eigenvalue weighted by atomic mass is 35.5. The van der Waals surface area contributed by atoms with Gasteiger partial charge in [-0.3, -0.25) is 4.79 Å².